The second-order valence-electron chi connectivity index (χ2n) is 7.69. The third kappa shape index (κ3) is 6.71. The number of esters is 4. The Morgan fingerprint density at radius 3 is 1.97 bits per heavy atom. The van der Waals surface area contributed by atoms with E-state index in [1.54, 1.807) is 0 Å². The normalized spacial score (nSPS) is 24.2. The smallest absolute Gasteiger partial charge is 0.303 e. The van der Waals surface area contributed by atoms with Crippen LogP contribution in [0.1, 0.15) is 27.7 Å². The molecular weight excluding hydrogens is 464 g/mol. The molecule has 0 unspecified atom stereocenters. The molecule has 0 radical (unpaired) electrons. The molecule has 0 aliphatic carbocycles. The van der Waals surface area contributed by atoms with Crippen LogP contribution >= 0.6 is 11.8 Å². The van der Waals surface area contributed by atoms with Crippen molar-refractivity contribution in [3.8, 4) is 0 Å². The maximum Gasteiger partial charge on any atom is 0.303 e. The summed E-state index contributed by atoms with van der Waals surface area (Å²) in [4.78, 5) is 47.9. The summed E-state index contributed by atoms with van der Waals surface area (Å²) in [6.07, 6.45) is -4.42. The van der Waals surface area contributed by atoms with E-state index in [9.17, 15) is 19.2 Å². The predicted octanol–water partition coefficient (Wildman–Crippen LogP) is 3.02. The molecule has 0 amide bonds. The molecule has 5 atom stereocenters. The fourth-order valence-corrected chi connectivity index (χ4v) is 4.81. The van der Waals surface area contributed by atoms with E-state index in [2.05, 4.69) is 0 Å². The Balaban J connectivity index is 1.98. The molecule has 1 heterocycles. The van der Waals surface area contributed by atoms with Crippen LogP contribution in [-0.4, -0.2) is 60.3 Å². The number of benzene rings is 2. The summed E-state index contributed by atoms with van der Waals surface area (Å²) in [7, 11) is 0. The first-order valence-electron chi connectivity index (χ1n) is 10.6. The van der Waals surface area contributed by atoms with E-state index in [1.807, 2.05) is 42.5 Å². The first kappa shape index (κ1) is 25.5. The third-order valence-electron chi connectivity index (χ3n) is 4.92. The minimum Gasteiger partial charge on any atom is -0.463 e. The zero-order valence-corrected chi connectivity index (χ0v) is 20.0. The average molecular weight is 491 g/mol. The van der Waals surface area contributed by atoms with Crippen molar-refractivity contribution in [3.05, 3.63) is 42.5 Å². The standard InChI is InChI=1S/C24H26O9S/c1-13(25)29-12-20-21(30-14(2)26)22(31-15(3)27)23(32-16(4)28)24(33-20)34-19-10-9-17-7-5-6-8-18(17)11-19/h5-11,20-24H,12H2,1-4H3/t20-,21+,22+,23-,24+/m1/s1. The lowest BCUT2D eigenvalue weighted by atomic mass is 9.99. The van der Waals surface area contributed by atoms with Gasteiger partial charge >= 0.3 is 23.9 Å². The van der Waals surface area contributed by atoms with Crippen molar-refractivity contribution in [2.24, 2.45) is 0 Å². The summed E-state index contributed by atoms with van der Waals surface area (Å²) < 4.78 is 27.6. The molecule has 0 N–H and O–H groups in total. The molecule has 0 bridgehead atoms. The Labute approximate surface area is 201 Å². The summed E-state index contributed by atoms with van der Waals surface area (Å²) in [5.41, 5.74) is -0.859. The van der Waals surface area contributed by atoms with Crippen LogP contribution in [0.4, 0.5) is 0 Å². The minimum atomic E-state index is -1.18. The number of fused-ring (bicyclic) bond motifs is 1. The van der Waals surface area contributed by atoms with Crippen LogP contribution in [0.3, 0.4) is 0 Å². The van der Waals surface area contributed by atoms with Gasteiger partial charge in [-0.25, -0.2) is 0 Å². The van der Waals surface area contributed by atoms with Gasteiger partial charge in [-0.05, 0) is 22.9 Å². The number of carbonyl (C=O) groups is 4. The molecule has 2 aromatic rings. The van der Waals surface area contributed by atoms with E-state index >= 15 is 0 Å². The highest BCUT2D eigenvalue weighted by Crippen LogP contribution is 2.38. The Morgan fingerprint density at radius 2 is 1.35 bits per heavy atom. The number of hydrogen-bond acceptors (Lipinski definition) is 10. The largest absolute Gasteiger partial charge is 0.463 e. The van der Waals surface area contributed by atoms with Crippen molar-refractivity contribution < 1.29 is 42.9 Å². The molecule has 9 nitrogen and oxygen atoms in total. The van der Waals surface area contributed by atoms with Crippen molar-refractivity contribution in [3.63, 3.8) is 0 Å². The number of rotatable bonds is 7. The third-order valence-corrected chi connectivity index (χ3v) is 6.06. The molecule has 1 saturated heterocycles. The Kier molecular flexibility index (Phi) is 8.51. The summed E-state index contributed by atoms with van der Waals surface area (Å²) in [6.45, 7) is 4.57. The number of carbonyl (C=O) groups excluding carboxylic acids is 4. The van der Waals surface area contributed by atoms with Gasteiger partial charge in [0.1, 0.15) is 18.1 Å². The Morgan fingerprint density at radius 1 is 0.765 bits per heavy atom. The molecule has 1 fully saturated rings. The van der Waals surface area contributed by atoms with Crippen molar-refractivity contribution in [1.29, 1.82) is 0 Å². The summed E-state index contributed by atoms with van der Waals surface area (Å²) in [5.74, 6) is -2.52. The molecule has 1 aliphatic rings. The molecule has 34 heavy (non-hydrogen) atoms. The Bertz CT molecular complexity index is 1070. The lowest BCUT2D eigenvalue weighted by Gasteiger charge is -2.44. The molecular formula is C24H26O9S. The highest BCUT2D eigenvalue weighted by atomic mass is 32.2. The van der Waals surface area contributed by atoms with E-state index in [4.69, 9.17) is 23.7 Å². The molecule has 0 spiro atoms. The second kappa shape index (κ2) is 11.3. The topological polar surface area (TPSA) is 114 Å². The fourth-order valence-electron chi connectivity index (χ4n) is 3.66. The van der Waals surface area contributed by atoms with Crippen LogP contribution in [0.5, 0.6) is 0 Å². The van der Waals surface area contributed by atoms with Gasteiger partial charge in [0.05, 0.1) is 0 Å². The fraction of sp³-hybridized carbons (Fsp3) is 0.417. The highest BCUT2D eigenvalue weighted by Gasteiger charge is 2.52. The van der Waals surface area contributed by atoms with Crippen LogP contribution in [0.15, 0.2) is 47.4 Å². The van der Waals surface area contributed by atoms with E-state index < -0.39 is 53.7 Å². The predicted molar refractivity (Wildman–Crippen MR) is 122 cm³/mol. The zero-order valence-electron chi connectivity index (χ0n) is 19.2. The first-order chi connectivity index (χ1) is 16.1. The molecule has 3 rings (SSSR count). The van der Waals surface area contributed by atoms with Crippen molar-refractivity contribution in [1.82, 2.24) is 0 Å². The quantitative estimate of drug-likeness (QED) is 0.424. The van der Waals surface area contributed by atoms with Gasteiger partial charge in [-0.3, -0.25) is 19.2 Å². The summed E-state index contributed by atoms with van der Waals surface area (Å²) in [5, 5.41) is 2.05. The van der Waals surface area contributed by atoms with Crippen LogP contribution in [-0.2, 0) is 42.9 Å². The van der Waals surface area contributed by atoms with E-state index in [1.165, 1.54) is 39.5 Å². The van der Waals surface area contributed by atoms with Gasteiger partial charge in [-0.1, -0.05) is 42.1 Å². The van der Waals surface area contributed by atoms with Crippen molar-refractivity contribution in [2.45, 2.75) is 62.4 Å². The van der Waals surface area contributed by atoms with Gasteiger partial charge in [0.2, 0.25) is 0 Å². The van der Waals surface area contributed by atoms with Crippen molar-refractivity contribution in [2.75, 3.05) is 6.61 Å². The van der Waals surface area contributed by atoms with Gasteiger partial charge in [0.15, 0.2) is 18.3 Å². The first-order valence-corrected chi connectivity index (χ1v) is 11.5. The molecule has 182 valence electrons. The number of ether oxygens (including phenoxy) is 5. The molecule has 1 aliphatic heterocycles. The lowest BCUT2D eigenvalue weighted by Crippen LogP contribution is -2.61. The molecule has 2 aromatic carbocycles. The van der Waals surface area contributed by atoms with Crippen LogP contribution in [0, 0.1) is 0 Å². The van der Waals surface area contributed by atoms with Gasteiger partial charge in [-0.15, -0.1) is 0 Å². The number of thioether (sulfide) groups is 1. The number of hydrogen-bond donors (Lipinski definition) is 0. The van der Waals surface area contributed by atoms with Crippen LogP contribution in [0.25, 0.3) is 10.8 Å². The van der Waals surface area contributed by atoms with Crippen LogP contribution < -0.4 is 0 Å². The SMILES string of the molecule is CC(=O)OC[C@H]1O[C@@H](Sc2ccc3ccccc3c2)[C@H](OC(C)=O)[C@@H](OC(C)=O)[C@H]1OC(C)=O. The van der Waals surface area contributed by atoms with E-state index in [0.29, 0.717) is 0 Å². The maximum absolute atomic E-state index is 11.9. The maximum atomic E-state index is 11.9. The Hall–Kier alpha value is -3.11. The average Bonchev–Trinajstić information content (AvgIpc) is 2.75. The summed E-state index contributed by atoms with van der Waals surface area (Å²) >= 11 is 1.25. The van der Waals surface area contributed by atoms with Gasteiger partial charge in [0.25, 0.3) is 0 Å². The molecule has 0 aromatic heterocycles. The van der Waals surface area contributed by atoms with Gasteiger partial charge < -0.3 is 23.7 Å². The molecule has 0 saturated carbocycles. The molecule has 10 heteroatoms. The monoisotopic (exact) mass is 490 g/mol. The highest BCUT2D eigenvalue weighted by molar-refractivity contribution is 7.99. The van der Waals surface area contributed by atoms with Crippen molar-refractivity contribution >= 4 is 46.4 Å². The van der Waals surface area contributed by atoms with Gasteiger partial charge in [0, 0.05) is 32.6 Å². The van der Waals surface area contributed by atoms with E-state index in [-0.39, 0.29) is 6.61 Å². The zero-order chi connectivity index (χ0) is 24.8. The second-order valence-corrected chi connectivity index (χ2v) is 8.87. The lowest BCUT2D eigenvalue weighted by molar-refractivity contribution is -0.237. The minimum absolute atomic E-state index is 0.257. The summed E-state index contributed by atoms with van der Waals surface area (Å²) in [6, 6.07) is 13.6. The van der Waals surface area contributed by atoms with Gasteiger partial charge in [-0.2, -0.15) is 0 Å². The van der Waals surface area contributed by atoms with Crippen LogP contribution in [0.2, 0.25) is 0 Å². The van der Waals surface area contributed by atoms with E-state index in [0.717, 1.165) is 15.7 Å².